The van der Waals surface area contributed by atoms with Crippen molar-refractivity contribution in [3.05, 3.63) is 68.8 Å². The van der Waals surface area contributed by atoms with E-state index in [4.69, 9.17) is 4.74 Å². The van der Waals surface area contributed by atoms with Gasteiger partial charge in [-0.05, 0) is 43.9 Å². The van der Waals surface area contributed by atoms with E-state index in [0.29, 0.717) is 43.4 Å². The number of nitrogens with one attached hydrogen (secondary N) is 1. The van der Waals surface area contributed by atoms with Gasteiger partial charge in [-0.15, -0.1) is 22.7 Å². The smallest absolute Gasteiger partial charge is 0.413 e. The van der Waals surface area contributed by atoms with Gasteiger partial charge in [0.15, 0.2) is 0 Å². The van der Waals surface area contributed by atoms with Gasteiger partial charge in [-0.3, -0.25) is 14.8 Å². The molecular weight excluding hydrogens is 501 g/mol. The molecule has 3 heterocycles. The molecule has 0 spiro atoms. The number of hydrogen-bond donors (Lipinski definition) is 2. The first-order valence-corrected chi connectivity index (χ1v) is 12.9. The number of ether oxygens (including phenoxy) is 1. The lowest BCUT2D eigenvalue weighted by molar-refractivity contribution is -0.140. The maximum absolute atomic E-state index is 15.0. The van der Waals surface area contributed by atoms with E-state index in [0.717, 1.165) is 11.1 Å². The maximum Gasteiger partial charge on any atom is 0.413 e. The van der Waals surface area contributed by atoms with E-state index in [-0.39, 0.29) is 0 Å². The Bertz CT molecular complexity index is 1570. The number of carboxylic acid groups (broad SMARTS) is 1. The first kappa shape index (κ1) is 24.0. The molecule has 5 rings (SSSR count). The third-order valence-corrected chi connectivity index (χ3v) is 8.84. The molecule has 1 fully saturated rings. The number of anilines is 1. The molecule has 2 N–H and O–H groups in total. The Kier molecular flexibility index (Phi) is 6.06. The molecule has 3 aromatic heterocycles. The molecule has 1 atom stereocenters. The fourth-order valence-electron chi connectivity index (χ4n) is 4.09. The van der Waals surface area contributed by atoms with Crippen molar-refractivity contribution in [2.24, 2.45) is 7.05 Å². The van der Waals surface area contributed by atoms with Gasteiger partial charge in [-0.2, -0.15) is 5.10 Å². The monoisotopic (exact) mass is 523 g/mol. The van der Waals surface area contributed by atoms with Crippen molar-refractivity contribution in [1.29, 1.82) is 0 Å². The number of thiophene rings is 2. The zero-order valence-corrected chi connectivity index (χ0v) is 21.3. The molecule has 1 aromatic carbocycles. The van der Waals surface area contributed by atoms with Crippen molar-refractivity contribution in [2.45, 2.75) is 38.2 Å². The molecule has 0 bridgehead atoms. The summed E-state index contributed by atoms with van der Waals surface area (Å²) < 4.78 is 22.7. The second kappa shape index (κ2) is 9.08. The summed E-state index contributed by atoms with van der Waals surface area (Å²) in [5.41, 5.74) is 1.36. The molecule has 184 valence electrons. The summed E-state index contributed by atoms with van der Waals surface area (Å²) in [5.74, 6) is 4.94. The lowest BCUT2D eigenvalue weighted by Crippen LogP contribution is -2.19. The normalized spacial score (nSPS) is 14.7. The van der Waals surface area contributed by atoms with Gasteiger partial charge in [0, 0.05) is 12.4 Å². The van der Waals surface area contributed by atoms with Crippen LogP contribution < -0.4 is 5.32 Å². The van der Waals surface area contributed by atoms with Crippen molar-refractivity contribution in [3.63, 3.8) is 0 Å². The highest BCUT2D eigenvalue weighted by molar-refractivity contribution is 7.38. The van der Waals surface area contributed by atoms with Gasteiger partial charge < -0.3 is 9.84 Å². The highest BCUT2D eigenvalue weighted by Gasteiger charge is 2.54. The molecule has 0 aliphatic heterocycles. The number of aliphatic carboxylic acids is 1. The highest BCUT2D eigenvalue weighted by Crippen LogP contribution is 2.54. The van der Waals surface area contributed by atoms with Crippen LogP contribution in [-0.4, -0.2) is 26.9 Å². The molecule has 10 heteroatoms. The van der Waals surface area contributed by atoms with Gasteiger partial charge in [-0.1, -0.05) is 36.1 Å². The number of carbonyl (C=O) groups excluding carboxylic acids is 1. The van der Waals surface area contributed by atoms with Crippen molar-refractivity contribution >= 4 is 50.0 Å². The van der Waals surface area contributed by atoms with E-state index in [1.54, 1.807) is 20.0 Å². The summed E-state index contributed by atoms with van der Waals surface area (Å²) in [6.45, 7) is 3.76. The summed E-state index contributed by atoms with van der Waals surface area (Å²) in [7, 11) is 1.68. The number of rotatable bonds is 5. The first-order chi connectivity index (χ1) is 17.2. The quantitative estimate of drug-likeness (QED) is 0.315. The number of aryl methyl sites for hydroxylation is 2. The number of carbonyl (C=O) groups is 2. The number of benzene rings is 1. The summed E-state index contributed by atoms with van der Waals surface area (Å²) >= 11 is 2.50. The zero-order valence-electron chi connectivity index (χ0n) is 19.7. The van der Waals surface area contributed by atoms with Crippen LogP contribution in [0.15, 0.2) is 36.5 Å². The average molecular weight is 524 g/mol. The number of amides is 1. The molecule has 1 amide bonds. The molecule has 4 aromatic rings. The summed E-state index contributed by atoms with van der Waals surface area (Å²) in [5, 5.41) is 16.8. The number of hydrogen-bond acceptors (Lipinski definition) is 6. The number of carboxylic acids is 1. The molecule has 36 heavy (non-hydrogen) atoms. The summed E-state index contributed by atoms with van der Waals surface area (Å²) in [4.78, 5) is 25.1. The third-order valence-electron chi connectivity index (χ3n) is 6.31. The first-order valence-electron chi connectivity index (χ1n) is 11.2. The van der Waals surface area contributed by atoms with Gasteiger partial charge in [0.05, 0.1) is 25.5 Å². The van der Waals surface area contributed by atoms with Gasteiger partial charge in [-0.25, -0.2) is 9.18 Å². The van der Waals surface area contributed by atoms with Crippen LogP contribution in [0.3, 0.4) is 0 Å². The third kappa shape index (κ3) is 4.25. The standard InChI is InChI=1S/C26H22FN3O4S2/c1-14-6-4-5-7-18(14)15(2)34-25(33)29-22-16(13-28-30(22)3)8-9-17-12-19-20(27)21(36-23(19)35-17)26(10-11-26)24(31)32/h4-7,12-13,15H,10-11H2,1-3H3,(H,29,33)(H,31,32). The van der Waals surface area contributed by atoms with Crippen LogP contribution in [-0.2, 0) is 22.0 Å². The fourth-order valence-corrected chi connectivity index (χ4v) is 6.65. The van der Waals surface area contributed by atoms with E-state index in [1.807, 2.05) is 31.2 Å². The van der Waals surface area contributed by atoms with Gasteiger partial charge in [0.25, 0.3) is 0 Å². The Morgan fingerprint density at radius 3 is 2.69 bits per heavy atom. The van der Waals surface area contributed by atoms with Crippen LogP contribution in [0.2, 0.25) is 0 Å². The number of nitrogens with zero attached hydrogens (tertiary/aromatic N) is 2. The molecule has 0 radical (unpaired) electrons. The van der Waals surface area contributed by atoms with E-state index in [9.17, 15) is 19.1 Å². The van der Waals surface area contributed by atoms with Crippen LogP contribution >= 0.6 is 22.7 Å². The average Bonchev–Trinajstić information content (AvgIpc) is 3.32. The van der Waals surface area contributed by atoms with Crippen molar-refractivity contribution in [3.8, 4) is 11.8 Å². The lowest BCUT2D eigenvalue weighted by Gasteiger charge is -2.16. The van der Waals surface area contributed by atoms with Crippen LogP contribution in [0.1, 0.15) is 52.3 Å². The predicted octanol–water partition coefficient (Wildman–Crippen LogP) is 5.97. The van der Waals surface area contributed by atoms with E-state index in [1.165, 1.54) is 33.6 Å². The minimum absolute atomic E-state index is 0.299. The second-order valence-electron chi connectivity index (χ2n) is 8.75. The predicted molar refractivity (Wildman–Crippen MR) is 137 cm³/mol. The molecule has 0 saturated heterocycles. The number of fused-ring (bicyclic) bond motifs is 1. The minimum atomic E-state index is -1.07. The Balaban J connectivity index is 1.33. The molecule has 1 unspecified atom stereocenters. The molecule has 1 aliphatic carbocycles. The van der Waals surface area contributed by atoms with Gasteiger partial charge >= 0.3 is 12.1 Å². The number of halogens is 1. The lowest BCUT2D eigenvalue weighted by atomic mass is 10.0. The fraction of sp³-hybridized carbons (Fsp3) is 0.269. The zero-order chi connectivity index (χ0) is 25.6. The molecular formula is C26H22FN3O4S2. The Labute approximate surface area is 214 Å². The van der Waals surface area contributed by atoms with Crippen LogP contribution in [0.25, 0.3) is 9.40 Å². The van der Waals surface area contributed by atoms with Crippen LogP contribution in [0.5, 0.6) is 0 Å². The Morgan fingerprint density at radius 1 is 1.28 bits per heavy atom. The second-order valence-corrected chi connectivity index (χ2v) is 11.1. The summed E-state index contributed by atoms with van der Waals surface area (Å²) in [6, 6.07) is 9.34. The topological polar surface area (TPSA) is 93.4 Å². The van der Waals surface area contributed by atoms with Crippen LogP contribution in [0.4, 0.5) is 15.0 Å². The minimum Gasteiger partial charge on any atom is -0.481 e. The van der Waals surface area contributed by atoms with Crippen molar-refractivity contribution in [1.82, 2.24) is 9.78 Å². The molecule has 1 aliphatic rings. The van der Waals surface area contributed by atoms with E-state index >= 15 is 0 Å². The van der Waals surface area contributed by atoms with Crippen molar-refractivity contribution < 1.29 is 23.8 Å². The Hall–Kier alpha value is -3.68. The van der Waals surface area contributed by atoms with Gasteiger partial charge in [0.1, 0.15) is 23.2 Å². The molecule has 7 nitrogen and oxygen atoms in total. The van der Waals surface area contributed by atoms with Crippen molar-refractivity contribution in [2.75, 3.05) is 5.32 Å². The largest absolute Gasteiger partial charge is 0.481 e. The van der Waals surface area contributed by atoms with Crippen LogP contribution in [0, 0.1) is 24.6 Å². The molecule has 1 saturated carbocycles. The SMILES string of the molecule is Cc1ccccc1C(C)OC(=O)Nc1c(C#Cc2cc3c(F)c(C4(C(=O)O)CC4)sc3s2)cnn1C. The van der Waals surface area contributed by atoms with E-state index in [2.05, 4.69) is 22.3 Å². The van der Waals surface area contributed by atoms with E-state index < -0.39 is 29.4 Å². The summed E-state index contributed by atoms with van der Waals surface area (Å²) in [6.07, 6.45) is 1.39. The maximum atomic E-state index is 15.0. The van der Waals surface area contributed by atoms with Gasteiger partial charge in [0.2, 0.25) is 0 Å². The Morgan fingerprint density at radius 2 is 2.03 bits per heavy atom. The highest BCUT2D eigenvalue weighted by atomic mass is 32.2. The number of aromatic nitrogens is 2.